The Labute approximate surface area is 143 Å². The van der Waals surface area contributed by atoms with Gasteiger partial charge in [-0.05, 0) is 23.8 Å². The van der Waals surface area contributed by atoms with Gasteiger partial charge in [0.25, 0.3) is 5.91 Å². The molecule has 5 nitrogen and oxygen atoms in total. The van der Waals surface area contributed by atoms with Crippen molar-refractivity contribution in [1.82, 2.24) is 5.32 Å². The van der Waals surface area contributed by atoms with E-state index in [2.05, 4.69) is 5.32 Å². The average Bonchev–Trinajstić information content (AvgIpc) is 2.52. The van der Waals surface area contributed by atoms with Crippen LogP contribution < -0.4 is 15.8 Å². The van der Waals surface area contributed by atoms with Gasteiger partial charge in [-0.15, -0.1) is 0 Å². The van der Waals surface area contributed by atoms with Crippen molar-refractivity contribution in [2.24, 2.45) is 5.73 Å². The summed E-state index contributed by atoms with van der Waals surface area (Å²) in [5.41, 5.74) is 5.93. The van der Waals surface area contributed by atoms with Gasteiger partial charge < -0.3 is 15.8 Å². The molecule has 120 valence electrons. The summed E-state index contributed by atoms with van der Waals surface area (Å²) in [5.74, 6) is -0.834. The number of halogens is 2. The first-order valence-electron chi connectivity index (χ1n) is 6.69. The molecule has 2 amide bonds. The third-order valence-corrected chi connectivity index (χ3v) is 3.51. The van der Waals surface area contributed by atoms with E-state index < -0.39 is 17.9 Å². The second-order valence-electron chi connectivity index (χ2n) is 4.68. The van der Waals surface area contributed by atoms with Crippen LogP contribution in [0.15, 0.2) is 48.5 Å². The zero-order chi connectivity index (χ0) is 16.8. The van der Waals surface area contributed by atoms with E-state index in [1.165, 1.54) is 6.07 Å². The van der Waals surface area contributed by atoms with Crippen LogP contribution in [0.5, 0.6) is 5.75 Å². The molecule has 2 aromatic carbocycles. The summed E-state index contributed by atoms with van der Waals surface area (Å²) < 4.78 is 5.32. The summed E-state index contributed by atoms with van der Waals surface area (Å²) >= 11 is 11.7. The number of hydrogen-bond acceptors (Lipinski definition) is 3. The van der Waals surface area contributed by atoms with Gasteiger partial charge in [0.15, 0.2) is 6.61 Å². The Kier molecular flexibility index (Phi) is 5.84. The number of nitrogens with two attached hydrogens (primary N) is 1. The van der Waals surface area contributed by atoms with E-state index in [0.717, 1.165) is 0 Å². The second kappa shape index (κ2) is 7.85. The van der Waals surface area contributed by atoms with Crippen molar-refractivity contribution < 1.29 is 14.3 Å². The van der Waals surface area contributed by atoms with E-state index in [-0.39, 0.29) is 6.61 Å². The molecule has 0 aliphatic rings. The third-order valence-electron chi connectivity index (χ3n) is 2.98. The normalized spacial score (nSPS) is 11.6. The predicted molar refractivity (Wildman–Crippen MR) is 88.5 cm³/mol. The summed E-state index contributed by atoms with van der Waals surface area (Å²) in [6, 6.07) is 12.4. The van der Waals surface area contributed by atoms with Gasteiger partial charge in [0.05, 0.1) is 5.02 Å². The van der Waals surface area contributed by atoms with E-state index in [1.807, 2.05) is 0 Å². The molecule has 0 radical (unpaired) electrons. The molecule has 2 aromatic rings. The first-order valence-corrected chi connectivity index (χ1v) is 7.44. The van der Waals surface area contributed by atoms with Crippen molar-refractivity contribution in [2.45, 2.75) is 6.04 Å². The maximum atomic E-state index is 12.0. The Bertz CT molecular complexity index is 708. The van der Waals surface area contributed by atoms with Crippen LogP contribution in [0.1, 0.15) is 11.6 Å². The molecule has 1 atom stereocenters. The van der Waals surface area contributed by atoms with Crippen LogP contribution >= 0.6 is 23.2 Å². The number of carbonyl (C=O) groups is 2. The number of nitrogens with one attached hydrogen (secondary N) is 1. The molecule has 0 saturated heterocycles. The third kappa shape index (κ3) is 4.87. The number of benzene rings is 2. The van der Waals surface area contributed by atoms with Crippen molar-refractivity contribution in [3.8, 4) is 5.75 Å². The maximum Gasteiger partial charge on any atom is 0.258 e. The van der Waals surface area contributed by atoms with Gasteiger partial charge in [-0.25, -0.2) is 0 Å². The van der Waals surface area contributed by atoms with Crippen LogP contribution in [-0.4, -0.2) is 18.4 Å². The fourth-order valence-electron chi connectivity index (χ4n) is 1.90. The molecule has 7 heteroatoms. The highest BCUT2D eigenvalue weighted by molar-refractivity contribution is 6.35. The fourth-order valence-corrected chi connectivity index (χ4v) is 2.37. The molecule has 23 heavy (non-hydrogen) atoms. The Morgan fingerprint density at radius 3 is 2.43 bits per heavy atom. The van der Waals surface area contributed by atoms with E-state index in [4.69, 9.17) is 33.7 Å². The smallest absolute Gasteiger partial charge is 0.258 e. The minimum Gasteiger partial charge on any atom is -0.482 e. The van der Waals surface area contributed by atoms with Crippen molar-refractivity contribution >= 4 is 35.0 Å². The van der Waals surface area contributed by atoms with E-state index in [9.17, 15) is 9.59 Å². The summed E-state index contributed by atoms with van der Waals surface area (Å²) in [5, 5.41) is 3.28. The van der Waals surface area contributed by atoms with Gasteiger partial charge in [0.1, 0.15) is 11.8 Å². The second-order valence-corrected chi connectivity index (χ2v) is 5.52. The lowest BCUT2D eigenvalue weighted by atomic mass is 10.1. The van der Waals surface area contributed by atoms with Crippen molar-refractivity contribution in [3.05, 3.63) is 64.1 Å². The predicted octanol–water partition coefficient (Wildman–Crippen LogP) is 2.72. The Morgan fingerprint density at radius 1 is 1.13 bits per heavy atom. The highest BCUT2D eigenvalue weighted by atomic mass is 35.5. The average molecular weight is 353 g/mol. The molecule has 0 spiro atoms. The Morgan fingerprint density at radius 2 is 1.83 bits per heavy atom. The van der Waals surface area contributed by atoms with E-state index >= 15 is 0 Å². The fraction of sp³-hybridized carbons (Fsp3) is 0.125. The lowest BCUT2D eigenvalue weighted by Crippen LogP contribution is -2.39. The highest BCUT2D eigenvalue weighted by Gasteiger charge is 2.20. The molecule has 0 aliphatic carbocycles. The summed E-state index contributed by atoms with van der Waals surface area (Å²) in [6.07, 6.45) is 0. The molecule has 0 fully saturated rings. The van der Waals surface area contributed by atoms with Crippen LogP contribution in [0.2, 0.25) is 10.0 Å². The molecular weight excluding hydrogens is 339 g/mol. The van der Waals surface area contributed by atoms with Gasteiger partial charge >= 0.3 is 0 Å². The van der Waals surface area contributed by atoms with Crippen LogP contribution in [0.4, 0.5) is 0 Å². The van der Waals surface area contributed by atoms with Gasteiger partial charge in [-0.2, -0.15) is 0 Å². The van der Waals surface area contributed by atoms with Crippen LogP contribution in [0.3, 0.4) is 0 Å². The Balaban J connectivity index is 1.98. The molecular formula is C16H14Cl2N2O3. The largest absolute Gasteiger partial charge is 0.482 e. The minimum atomic E-state index is -0.923. The number of ether oxygens (including phenoxy) is 1. The first-order chi connectivity index (χ1) is 11.0. The molecule has 3 N–H and O–H groups in total. The van der Waals surface area contributed by atoms with E-state index in [1.54, 1.807) is 42.5 Å². The molecule has 1 unspecified atom stereocenters. The van der Waals surface area contributed by atoms with Crippen LogP contribution in [-0.2, 0) is 9.59 Å². The molecule has 0 aliphatic heterocycles. The summed E-state index contributed by atoms with van der Waals surface area (Å²) in [6.45, 7) is -0.308. The van der Waals surface area contributed by atoms with E-state index in [0.29, 0.717) is 21.4 Å². The van der Waals surface area contributed by atoms with Gasteiger partial charge in [0.2, 0.25) is 5.91 Å². The number of primary amides is 1. The topological polar surface area (TPSA) is 81.4 Å². The van der Waals surface area contributed by atoms with Gasteiger partial charge in [-0.3, -0.25) is 9.59 Å². The van der Waals surface area contributed by atoms with Crippen LogP contribution in [0, 0.1) is 0 Å². The van der Waals surface area contributed by atoms with Crippen molar-refractivity contribution in [1.29, 1.82) is 0 Å². The molecule has 2 rings (SSSR count). The van der Waals surface area contributed by atoms with Gasteiger partial charge in [-0.1, -0.05) is 53.5 Å². The number of carbonyl (C=O) groups excluding carboxylic acids is 2. The molecule has 0 heterocycles. The Hall–Kier alpha value is -2.24. The maximum absolute atomic E-state index is 12.0. The highest BCUT2D eigenvalue weighted by Crippen LogP contribution is 2.27. The number of rotatable bonds is 6. The zero-order valence-electron chi connectivity index (χ0n) is 12.0. The lowest BCUT2D eigenvalue weighted by Gasteiger charge is -2.16. The molecule has 0 saturated carbocycles. The zero-order valence-corrected chi connectivity index (χ0v) is 13.5. The molecule has 0 aromatic heterocycles. The van der Waals surface area contributed by atoms with Crippen molar-refractivity contribution in [2.75, 3.05) is 6.61 Å². The number of hydrogen-bond donors (Lipinski definition) is 2. The lowest BCUT2D eigenvalue weighted by molar-refractivity contribution is -0.128. The first kappa shape index (κ1) is 17.1. The molecule has 0 bridgehead atoms. The van der Waals surface area contributed by atoms with Crippen LogP contribution in [0.25, 0.3) is 0 Å². The monoisotopic (exact) mass is 352 g/mol. The summed E-state index contributed by atoms with van der Waals surface area (Å²) in [7, 11) is 0. The standard InChI is InChI=1S/C16H14Cl2N2O3/c17-11-6-7-13(12(18)8-11)23-9-14(21)20-15(16(19)22)10-4-2-1-3-5-10/h1-8,15H,9H2,(H2,19,22)(H,20,21). The van der Waals surface area contributed by atoms with Gasteiger partial charge in [0, 0.05) is 5.02 Å². The summed E-state index contributed by atoms with van der Waals surface area (Å²) in [4.78, 5) is 23.5. The quantitative estimate of drug-likeness (QED) is 0.838. The van der Waals surface area contributed by atoms with Crippen molar-refractivity contribution in [3.63, 3.8) is 0 Å². The SMILES string of the molecule is NC(=O)C(NC(=O)COc1ccc(Cl)cc1Cl)c1ccccc1. The minimum absolute atomic E-state index is 0.291. The number of amides is 2.